The standard InChI is InChI=1S/C20H19ClN4O4S/c1-12(2)24(20(26)13-8-9-17(30-3)16(10-13)25(27)28)11-18-22-23-19(29-18)14-6-4-5-7-15(14)21/h4-10,12H,11H2,1-3H3. The number of nitrogens with zero attached hydrogens (tertiary/aromatic N) is 4. The average Bonchev–Trinajstić information content (AvgIpc) is 3.19. The molecule has 0 N–H and O–H groups in total. The molecule has 8 nitrogen and oxygen atoms in total. The summed E-state index contributed by atoms with van der Waals surface area (Å²) in [5.74, 6) is 0.132. The molecule has 1 aromatic heterocycles. The molecule has 0 aliphatic rings. The molecular weight excluding hydrogens is 428 g/mol. The van der Waals surface area contributed by atoms with Crippen LogP contribution in [-0.4, -0.2) is 38.2 Å². The molecule has 1 heterocycles. The summed E-state index contributed by atoms with van der Waals surface area (Å²) < 4.78 is 5.70. The summed E-state index contributed by atoms with van der Waals surface area (Å²) in [6, 6.07) is 11.3. The van der Waals surface area contributed by atoms with Crippen LogP contribution in [0.3, 0.4) is 0 Å². The van der Waals surface area contributed by atoms with Crippen molar-refractivity contribution in [3.63, 3.8) is 0 Å². The van der Waals surface area contributed by atoms with Crippen LogP contribution in [0.15, 0.2) is 51.8 Å². The van der Waals surface area contributed by atoms with Crippen LogP contribution in [0.1, 0.15) is 30.1 Å². The van der Waals surface area contributed by atoms with Crippen molar-refractivity contribution in [2.45, 2.75) is 31.3 Å². The molecule has 0 radical (unpaired) electrons. The van der Waals surface area contributed by atoms with E-state index >= 15 is 0 Å². The van der Waals surface area contributed by atoms with Gasteiger partial charge in [-0.15, -0.1) is 22.0 Å². The Hall–Kier alpha value is -2.91. The predicted octanol–water partition coefficient (Wildman–Crippen LogP) is 5.07. The zero-order valence-corrected chi connectivity index (χ0v) is 18.1. The van der Waals surface area contributed by atoms with E-state index in [0.29, 0.717) is 15.5 Å². The van der Waals surface area contributed by atoms with E-state index in [4.69, 9.17) is 16.0 Å². The highest BCUT2D eigenvalue weighted by Crippen LogP contribution is 2.30. The Morgan fingerprint density at radius 2 is 2.00 bits per heavy atom. The van der Waals surface area contributed by atoms with Crippen LogP contribution >= 0.6 is 23.4 Å². The van der Waals surface area contributed by atoms with Gasteiger partial charge in [0.2, 0.25) is 11.8 Å². The topological polar surface area (TPSA) is 102 Å². The highest BCUT2D eigenvalue weighted by Gasteiger charge is 2.25. The van der Waals surface area contributed by atoms with Crippen molar-refractivity contribution in [1.82, 2.24) is 15.1 Å². The minimum Gasteiger partial charge on any atom is -0.419 e. The summed E-state index contributed by atoms with van der Waals surface area (Å²) in [7, 11) is 0. The van der Waals surface area contributed by atoms with E-state index in [-0.39, 0.29) is 41.5 Å². The summed E-state index contributed by atoms with van der Waals surface area (Å²) in [5.41, 5.74) is 0.721. The van der Waals surface area contributed by atoms with Crippen LogP contribution in [-0.2, 0) is 6.54 Å². The highest BCUT2D eigenvalue weighted by atomic mass is 35.5. The second-order valence-corrected chi connectivity index (χ2v) is 7.91. The fraction of sp³-hybridized carbons (Fsp3) is 0.250. The highest BCUT2D eigenvalue weighted by molar-refractivity contribution is 7.98. The van der Waals surface area contributed by atoms with Crippen molar-refractivity contribution < 1.29 is 14.1 Å². The normalized spacial score (nSPS) is 11.0. The van der Waals surface area contributed by atoms with Gasteiger partial charge in [-0.25, -0.2) is 0 Å². The van der Waals surface area contributed by atoms with Gasteiger partial charge in [0.25, 0.3) is 11.6 Å². The minimum absolute atomic E-state index is 0.0615. The molecule has 0 aliphatic heterocycles. The molecule has 0 aliphatic carbocycles. The molecule has 0 unspecified atom stereocenters. The maximum absolute atomic E-state index is 13.1. The van der Waals surface area contributed by atoms with Crippen molar-refractivity contribution in [1.29, 1.82) is 0 Å². The van der Waals surface area contributed by atoms with E-state index in [1.165, 1.54) is 22.7 Å². The molecule has 30 heavy (non-hydrogen) atoms. The Labute approximate surface area is 182 Å². The van der Waals surface area contributed by atoms with E-state index < -0.39 is 4.92 Å². The molecule has 1 amide bonds. The molecule has 0 fully saturated rings. The Morgan fingerprint density at radius 3 is 2.63 bits per heavy atom. The van der Waals surface area contributed by atoms with E-state index in [0.717, 1.165) is 0 Å². The van der Waals surface area contributed by atoms with Gasteiger partial charge in [0.15, 0.2) is 0 Å². The molecule has 0 spiro atoms. The van der Waals surface area contributed by atoms with Crippen molar-refractivity contribution in [2.75, 3.05) is 6.26 Å². The van der Waals surface area contributed by atoms with Gasteiger partial charge < -0.3 is 9.32 Å². The molecule has 3 rings (SSSR count). The third kappa shape index (κ3) is 4.63. The van der Waals surface area contributed by atoms with Crippen molar-refractivity contribution in [3.8, 4) is 11.5 Å². The number of aromatic nitrogens is 2. The molecule has 0 atom stereocenters. The summed E-state index contributed by atoms with van der Waals surface area (Å²) >= 11 is 7.42. The van der Waals surface area contributed by atoms with E-state index in [1.54, 1.807) is 42.7 Å². The smallest absolute Gasteiger partial charge is 0.283 e. The fourth-order valence-corrected chi connectivity index (χ4v) is 3.59. The number of hydrogen-bond donors (Lipinski definition) is 0. The largest absolute Gasteiger partial charge is 0.419 e. The first-order valence-electron chi connectivity index (χ1n) is 9.02. The number of carbonyl (C=O) groups excluding carboxylic acids is 1. The lowest BCUT2D eigenvalue weighted by Gasteiger charge is -2.25. The van der Waals surface area contributed by atoms with Gasteiger partial charge in [0, 0.05) is 17.7 Å². The number of nitro benzene ring substituents is 1. The monoisotopic (exact) mass is 446 g/mol. The van der Waals surface area contributed by atoms with E-state index in [1.807, 2.05) is 13.8 Å². The van der Waals surface area contributed by atoms with Gasteiger partial charge in [-0.2, -0.15) is 0 Å². The van der Waals surface area contributed by atoms with Crippen LogP contribution in [0.5, 0.6) is 0 Å². The third-order valence-corrected chi connectivity index (χ3v) is 5.50. The maximum atomic E-state index is 13.1. The van der Waals surface area contributed by atoms with Crippen LogP contribution in [0.25, 0.3) is 11.5 Å². The Kier molecular flexibility index (Phi) is 6.73. The van der Waals surface area contributed by atoms with Crippen molar-refractivity contribution in [2.24, 2.45) is 0 Å². The molecule has 0 saturated heterocycles. The summed E-state index contributed by atoms with van der Waals surface area (Å²) in [4.78, 5) is 25.9. The molecule has 10 heteroatoms. The number of halogens is 1. The quantitative estimate of drug-likeness (QED) is 0.283. The van der Waals surface area contributed by atoms with Gasteiger partial charge in [0.05, 0.1) is 26.9 Å². The summed E-state index contributed by atoms with van der Waals surface area (Å²) in [6.45, 7) is 3.74. The fourth-order valence-electron chi connectivity index (χ4n) is 2.83. The summed E-state index contributed by atoms with van der Waals surface area (Å²) in [6.07, 6.45) is 1.75. The van der Waals surface area contributed by atoms with Gasteiger partial charge in [-0.3, -0.25) is 14.9 Å². The lowest BCUT2D eigenvalue weighted by Crippen LogP contribution is -2.36. The first-order valence-corrected chi connectivity index (χ1v) is 10.6. The summed E-state index contributed by atoms with van der Waals surface area (Å²) in [5, 5.41) is 19.9. The Morgan fingerprint density at radius 1 is 1.27 bits per heavy atom. The number of rotatable bonds is 7. The van der Waals surface area contributed by atoms with Crippen LogP contribution < -0.4 is 0 Å². The molecule has 0 saturated carbocycles. The zero-order chi connectivity index (χ0) is 21.8. The number of carbonyl (C=O) groups is 1. The second-order valence-electron chi connectivity index (χ2n) is 6.65. The SMILES string of the molecule is CSc1ccc(C(=O)N(Cc2nnc(-c3ccccc3Cl)o2)C(C)C)cc1[N+](=O)[O-]. The van der Waals surface area contributed by atoms with Crippen LogP contribution in [0.2, 0.25) is 5.02 Å². The van der Waals surface area contributed by atoms with Gasteiger partial charge >= 0.3 is 0 Å². The maximum Gasteiger partial charge on any atom is 0.283 e. The van der Waals surface area contributed by atoms with E-state index in [2.05, 4.69) is 10.2 Å². The predicted molar refractivity (Wildman–Crippen MR) is 115 cm³/mol. The third-order valence-electron chi connectivity index (χ3n) is 4.38. The Balaban J connectivity index is 1.87. The molecule has 3 aromatic rings. The average molecular weight is 447 g/mol. The number of hydrogen-bond acceptors (Lipinski definition) is 7. The van der Waals surface area contributed by atoms with Crippen molar-refractivity contribution >= 4 is 35.0 Å². The lowest BCUT2D eigenvalue weighted by molar-refractivity contribution is -0.387. The van der Waals surface area contributed by atoms with Gasteiger partial charge in [-0.1, -0.05) is 23.7 Å². The Bertz CT molecular complexity index is 1090. The number of thioether (sulfide) groups is 1. The number of benzene rings is 2. The van der Waals surface area contributed by atoms with E-state index in [9.17, 15) is 14.9 Å². The lowest BCUT2D eigenvalue weighted by atomic mass is 10.1. The molecule has 156 valence electrons. The number of nitro groups is 1. The van der Waals surface area contributed by atoms with Crippen LogP contribution in [0.4, 0.5) is 5.69 Å². The first-order chi connectivity index (χ1) is 14.3. The van der Waals surface area contributed by atoms with Gasteiger partial charge in [0.1, 0.15) is 0 Å². The molecular formula is C20H19ClN4O4S. The first kappa shape index (κ1) is 21.8. The zero-order valence-electron chi connectivity index (χ0n) is 16.5. The van der Waals surface area contributed by atoms with Crippen molar-refractivity contribution in [3.05, 3.63) is 69.1 Å². The second kappa shape index (κ2) is 9.27. The minimum atomic E-state index is -0.490. The van der Waals surface area contributed by atoms with Crippen LogP contribution in [0, 0.1) is 10.1 Å². The van der Waals surface area contributed by atoms with Gasteiger partial charge in [-0.05, 0) is 44.4 Å². The number of amides is 1. The molecule has 2 aromatic carbocycles. The molecule has 0 bridgehead atoms.